The molecule has 3 aromatic rings. The average Bonchev–Trinajstić information content (AvgIpc) is 3.35. The SMILES string of the molecule is CCn1c(CCNC(=O)c2cnn(-c3ccc(C)c(Cl)c3)c2C2CC2)n[nH]c1=S. The smallest absolute Gasteiger partial charge is 0.254 e. The van der Waals surface area contributed by atoms with Gasteiger partial charge in [-0.2, -0.15) is 10.2 Å². The molecule has 0 radical (unpaired) electrons. The molecule has 0 bridgehead atoms. The van der Waals surface area contributed by atoms with Gasteiger partial charge in [0.1, 0.15) is 5.82 Å². The summed E-state index contributed by atoms with van der Waals surface area (Å²) in [5, 5.41) is 15.2. The van der Waals surface area contributed by atoms with Gasteiger partial charge in [0.05, 0.1) is 23.1 Å². The van der Waals surface area contributed by atoms with E-state index in [0.29, 0.717) is 34.2 Å². The number of nitrogens with one attached hydrogen (secondary N) is 2. The fourth-order valence-electron chi connectivity index (χ4n) is 3.45. The van der Waals surface area contributed by atoms with Crippen molar-refractivity contribution in [2.75, 3.05) is 6.54 Å². The lowest BCUT2D eigenvalue weighted by Gasteiger charge is -2.11. The van der Waals surface area contributed by atoms with E-state index in [1.54, 1.807) is 6.20 Å². The van der Waals surface area contributed by atoms with Gasteiger partial charge in [-0.15, -0.1) is 0 Å². The minimum absolute atomic E-state index is 0.117. The lowest BCUT2D eigenvalue weighted by molar-refractivity contribution is 0.0953. The van der Waals surface area contributed by atoms with Gasteiger partial charge in [0, 0.05) is 30.5 Å². The number of nitrogens with zero attached hydrogens (tertiary/aromatic N) is 4. The third-order valence-corrected chi connectivity index (χ3v) is 5.92. The normalized spacial score (nSPS) is 13.6. The van der Waals surface area contributed by atoms with Crippen molar-refractivity contribution in [1.29, 1.82) is 0 Å². The Kier molecular flexibility index (Phi) is 5.56. The van der Waals surface area contributed by atoms with Gasteiger partial charge in [-0.1, -0.05) is 17.7 Å². The van der Waals surface area contributed by atoms with Crippen LogP contribution >= 0.6 is 23.8 Å². The van der Waals surface area contributed by atoms with Crippen LogP contribution in [0.3, 0.4) is 0 Å². The molecule has 2 N–H and O–H groups in total. The first-order valence-corrected chi connectivity index (χ1v) is 10.5. The van der Waals surface area contributed by atoms with Gasteiger partial charge >= 0.3 is 0 Å². The van der Waals surface area contributed by atoms with Gasteiger partial charge in [0.15, 0.2) is 4.77 Å². The van der Waals surface area contributed by atoms with Crippen molar-refractivity contribution in [3.63, 3.8) is 0 Å². The number of hydrogen-bond donors (Lipinski definition) is 2. The molecule has 0 unspecified atom stereocenters. The second-order valence-electron chi connectivity index (χ2n) is 7.26. The van der Waals surface area contributed by atoms with Crippen LogP contribution < -0.4 is 5.32 Å². The van der Waals surface area contributed by atoms with Crippen molar-refractivity contribution in [1.82, 2.24) is 29.9 Å². The first kappa shape index (κ1) is 19.8. The second-order valence-corrected chi connectivity index (χ2v) is 8.05. The van der Waals surface area contributed by atoms with Crippen molar-refractivity contribution in [2.45, 2.75) is 45.6 Å². The largest absolute Gasteiger partial charge is 0.351 e. The van der Waals surface area contributed by atoms with Crippen molar-refractivity contribution in [3.05, 3.63) is 56.8 Å². The molecule has 152 valence electrons. The van der Waals surface area contributed by atoms with E-state index in [4.69, 9.17) is 23.8 Å². The Labute approximate surface area is 179 Å². The fourth-order valence-corrected chi connectivity index (χ4v) is 3.91. The molecule has 2 aromatic heterocycles. The number of aromatic amines is 1. The number of aryl methyl sites for hydroxylation is 1. The Morgan fingerprint density at radius 1 is 1.41 bits per heavy atom. The predicted octanol–water partition coefficient (Wildman–Crippen LogP) is 3.96. The number of hydrogen-bond acceptors (Lipinski definition) is 4. The van der Waals surface area contributed by atoms with E-state index >= 15 is 0 Å². The number of carbonyl (C=O) groups excluding carboxylic acids is 1. The molecule has 9 heteroatoms. The van der Waals surface area contributed by atoms with Crippen LogP contribution in [0.4, 0.5) is 0 Å². The van der Waals surface area contributed by atoms with Gasteiger partial charge in [-0.25, -0.2) is 4.68 Å². The van der Waals surface area contributed by atoms with E-state index in [1.807, 2.05) is 41.3 Å². The number of benzene rings is 1. The highest BCUT2D eigenvalue weighted by atomic mass is 35.5. The summed E-state index contributed by atoms with van der Waals surface area (Å²) in [7, 11) is 0. The number of aromatic nitrogens is 5. The monoisotopic (exact) mass is 430 g/mol. The first-order chi connectivity index (χ1) is 14.0. The number of amides is 1. The average molecular weight is 431 g/mol. The fraction of sp³-hybridized carbons (Fsp3) is 0.400. The highest BCUT2D eigenvalue weighted by Gasteiger charge is 2.33. The number of carbonyl (C=O) groups is 1. The molecule has 0 saturated heterocycles. The Balaban J connectivity index is 1.52. The second kappa shape index (κ2) is 8.12. The van der Waals surface area contributed by atoms with Gasteiger partial charge in [-0.05, 0) is 56.6 Å². The van der Waals surface area contributed by atoms with E-state index in [0.717, 1.165) is 42.2 Å². The molecule has 2 heterocycles. The summed E-state index contributed by atoms with van der Waals surface area (Å²) in [4.78, 5) is 12.9. The molecule has 1 saturated carbocycles. The lowest BCUT2D eigenvalue weighted by atomic mass is 10.1. The maximum atomic E-state index is 12.9. The van der Waals surface area contributed by atoms with E-state index in [1.165, 1.54) is 0 Å². The van der Waals surface area contributed by atoms with Crippen molar-refractivity contribution in [3.8, 4) is 5.69 Å². The minimum atomic E-state index is -0.117. The molecular weight excluding hydrogens is 408 g/mol. The van der Waals surface area contributed by atoms with Crippen LogP contribution in [0.25, 0.3) is 5.69 Å². The van der Waals surface area contributed by atoms with E-state index in [2.05, 4.69) is 20.6 Å². The van der Waals surface area contributed by atoms with Crippen LogP contribution in [0.1, 0.15) is 53.1 Å². The van der Waals surface area contributed by atoms with Crippen LogP contribution in [-0.4, -0.2) is 37.0 Å². The maximum Gasteiger partial charge on any atom is 0.254 e. The molecule has 1 aliphatic carbocycles. The summed E-state index contributed by atoms with van der Waals surface area (Å²) in [6, 6.07) is 5.84. The molecule has 0 aliphatic heterocycles. The van der Waals surface area contributed by atoms with Gasteiger partial charge in [-0.3, -0.25) is 9.89 Å². The number of halogens is 1. The summed E-state index contributed by atoms with van der Waals surface area (Å²) in [5.41, 5.74) is 3.47. The highest BCUT2D eigenvalue weighted by Crippen LogP contribution is 2.42. The summed E-state index contributed by atoms with van der Waals surface area (Å²) >= 11 is 11.5. The van der Waals surface area contributed by atoms with Crippen LogP contribution in [0.2, 0.25) is 5.02 Å². The minimum Gasteiger partial charge on any atom is -0.351 e. The van der Waals surface area contributed by atoms with E-state index < -0.39 is 0 Å². The summed E-state index contributed by atoms with van der Waals surface area (Å²) < 4.78 is 4.37. The van der Waals surface area contributed by atoms with Crippen LogP contribution in [0.5, 0.6) is 0 Å². The summed E-state index contributed by atoms with van der Waals surface area (Å²) in [6.07, 6.45) is 4.39. The molecule has 1 aliphatic rings. The van der Waals surface area contributed by atoms with Crippen LogP contribution in [-0.2, 0) is 13.0 Å². The highest BCUT2D eigenvalue weighted by molar-refractivity contribution is 7.71. The quantitative estimate of drug-likeness (QED) is 0.556. The predicted molar refractivity (Wildman–Crippen MR) is 114 cm³/mol. The third kappa shape index (κ3) is 4.00. The molecule has 1 amide bonds. The standard InChI is InChI=1S/C20H23ClN6OS/c1-3-26-17(24-25-20(26)29)8-9-22-19(28)15-11-23-27(18(15)13-5-6-13)14-7-4-12(2)16(21)10-14/h4,7,10-11,13H,3,5-6,8-9H2,1-2H3,(H,22,28)(H,25,29). The zero-order valence-corrected chi connectivity index (χ0v) is 18.0. The topological polar surface area (TPSA) is 80.5 Å². The molecule has 7 nitrogen and oxygen atoms in total. The summed E-state index contributed by atoms with van der Waals surface area (Å²) in [5.74, 6) is 1.08. The Bertz CT molecular complexity index is 1110. The van der Waals surface area contributed by atoms with E-state index in [9.17, 15) is 4.79 Å². The van der Waals surface area contributed by atoms with E-state index in [-0.39, 0.29) is 5.91 Å². The number of rotatable bonds is 7. The van der Waals surface area contributed by atoms with Gasteiger partial charge < -0.3 is 9.88 Å². The zero-order valence-electron chi connectivity index (χ0n) is 16.4. The number of H-pyrrole nitrogens is 1. The maximum absolute atomic E-state index is 12.9. The van der Waals surface area contributed by atoms with Crippen molar-refractivity contribution < 1.29 is 4.79 Å². The Morgan fingerprint density at radius 3 is 2.90 bits per heavy atom. The zero-order chi connectivity index (χ0) is 20.5. The van der Waals surface area contributed by atoms with Crippen molar-refractivity contribution >= 4 is 29.7 Å². The molecule has 4 rings (SSSR count). The molecular formula is C20H23ClN6OS. The molecule has 1 aromatic carbocycles. The lowest BCUT2D eigenvalue weighted by Crippen LogP contribution is -2.27. The molecule has 0 atom stereocenters. The molecule has 1 fully saturated rings. The van der Waals surface area contributed by atoms with Gasteiger partial charge in [0.25, 0.3) is 5.91 Å². The molecule has 0 spiro atoms. The summed E-state index contributed by atoms with van der Waals surface area (Å²) in [6.45, 7) is 5.20. The van der Waals surface area contributed by atoms with Crippen LogP contribution in [0.15, 0.2) is 24.4 Å². The van der Waals surface area contributed by atoms with Crippen LogP contribution in [0, 0.1) is 11.7 Å². The molecule has 29 heavy (non-hydrogen) atoms. The van der Waals surface area contributed by atoms with Crippen molar-refractivity contribution in [2.24, 2.45) is 0 Å². The third-order valence-electron chi connectivity index (χ3n) is 5.20. The first-order valence-electron chi connectivity index (χ1n) is 9.76. The Morgan fingerprint density at radius 2 is 2.21 bits per heavy atom. The Hall–Kier alpha value is -2.45. The van der Waals surface area contributed by atoms with Gasteiger partial charge in [0.2, 0.25) is 0 Å².